The maximum atomic E-state index is 12.6. The minimum Gasteiger partial charge on any atom is -0.490 e. The molecule has 1 aliphatic rings. The van der Waals surface area contributed by atoms with Crippen LogP contribution in [0.3, 0.4) is 0 Å². The zero-order valence-corrected chi connectivity index (χ0v) is 20.9. The van der Waals surface area contributed by atoms with Crippen LogP contribution in [0.5, 0.6) is 11.5 Å². The number of amides is 2. The van der Waals surface area contributed by atoms with E-state index in [2.05, 4.69) is 6.58 Å². The smallest absolute Gasteiger partial charge is 0.293 e. The second-order valence-corrected chi connectivity index (χ2v) is 9.11. The third-order valence-electron chi connectivity index (χ3n) is 4.80. The molecule has 1 fully saturated rings. The number of allylic oxidation sites excluding steroid dienone is 1. The lowest BCUT2D eigenvalue weighted by atomic mass is 10.0. The van der Waals surface area contributed by atoms with Crippen molar-refractivity contribution in [2.75, 3.05) is 13.2 Å². The molecule has 5 nitrogen and oxygen atoms in total. The molecule has 1 saturated heterocycles. The predicted molar refractivity (Wildman–Crippen MR) is 135 cm³/mol. The van der Waals surface area contributed by atoms with Gasteiger partial charge in [0.2, 0.25) is 0 Å². The molecule has 1 heterocycles. The second-order valence-electron chi connectivity index (χ2n) is 7.30. The second kappa shape index (κ2) is 11.6. The summed E-state index contributed by atoms with van der Waals surface area (Å²) in [6.45, 7) is 8.79. The van der Waals surface area contributed by atoms with Gasteiger partial charge in [-0.3, -0.25) is 14.5 Å². The van der Waals surface area contributed by atoms with Gasteiger partial charge in [-0.05, 0) is 73.0 Å². The van der Waals surface area contributed by atoms with Gasteiger partial charge in [0.25, 0.3) is 11.1 Å². The number of rotatable bonds is 10. The number of hydrogen-bond acceptors (Lipinski definition) is 5. The first-order valence-electron chi connectivity index (χ1n) is 10.6. The van der Waals surface area contributed by atoms with Gasteiger partial charge in [-0.2, -0.15) is 0 Å². The fraction of sp³-hybridized carbons (Fsp3) is 0.280. The van der Waals surface area contributed by atoms with Crippen molar-refractivity contribution < 1.29 is 19.1 Å². The highest BCUT2D eigenvalue weighted by molar-refractivity contribution is 8.18. The predicted octanol–water partition coefficient (Wildman–Crippen LogP) is 7.15. The van der Waals surface area contributed by atoms with Gasteiger partial charge in [0, 0.05) is 12.1 Å². The van der Waals surface area contributed by atoms with Crippen LogP contribution in [0.15, 0.2) is 47.9 Å². The molecular weight excluding hydrogens is 481 g/mol. The van der Waals surface area contributed by atoms with Gasteiger partial charge in [0.1, 0.15) is 6.61 Å². The molecule has 0 saturated carbocycles. The Kier molecular flexibility index (Phi) is 8.89. The van der Waals surface area contributed by atoms with Gasteiger partial charge in [0.05, 0.1) is 21.6 Å². The standard InChI is InChI=1S/C25H25Cl2NO4S/c1-4-7-18-11-17(14-22-24(29)28(10-5-2)25(30)33-22)13-21(31-6-3)23(18)32-15-16-8-9-19(26)20(27)12-16/h4,8-9,11-14H,1,5-7,10,15H2,2-3H3/b22-14+. The molecule has 0 bridgehead atoms. The molecule has 0 unspecified atom stereocenters. The minimum atomic E-state index is -0.268. The van der Waals surface area contributed by atoms with E-state index in [9.17, 15) is 9.59 Å². The maximum absolute atomic E-state index is 12.6. The highest BCUT2D eigenvalue weighted by Gasteiger charge is 2.34. The van der Waals surface area contributed by atoms with Crippen LogP contribution in [0.4, 0.5) is 4.79 Å². The van der Waals surface area contributed by atoms with Crippen molar-refractivity contribution in [3.63, 3.8) is 0 Å². The normalized spacial score (nSPS) is 14.8. The number of carbonyl (C=O) groups is 2. The fourth-order valence-corrected chi connectivity index (χ4v) is 4.54. The largest absolute Gasteiger partial charge is 0.490 e. The maximum Gasteiger partial charge on any atom is 0.293 e. The van der Waals surface area contributed by atoms with Crippen LogP contribution in [0.1, 0.15) is 37.0 Å². The number of imide groups is 1. The molecule has 2 aromatic rings. The number of thioether (sulfide) groups is 1. The number of benzene rings is 2. The monoisotopic (exact) mass is 505 g/mol. The van der Waals surface area contributed by atoms with E-state index in [1.165, 1.54) is 4.90 Å². The summed E-state index contributed by atoms with van der Waals surface area (Å²) < 4.78 is 12.0. The first-order valence-corrected chi connectivity index (χ1v) is 12.2. The zero-order chi connectivity index (χ0) is 24.0. The fourth-order valence-electron chi connectivity index (χ4n) is 3.35. The van der Waals surface area contributed by atoms with Crippen molar-refractivity contribution in [3.8, 4) is 11.5 Å². The third kappa shape index (κ3) is 6.14. The number of ether oxygens (including phenoxy) is 2. The molecule has 0 aliphatic carbocycles. The summed E-state index contributed by atoms with van der Waals surface area (Å²) in [4.78, 5) is 26.5. The van der Waals surface area contributed by atoms with Gasteiger partial charge < -0.3 is 9.47 Å². The number of hydrogen-bond donors (Lipinski definition) is 0. The Morgan fingerprint density at radius 3 is 2.55 bits per heavy atom. The molecule has 0 N–H and O–H groups in total. The molecular formula is C25H25Cl2NO4S. The van der Waals surface area contributed by atoms with E-state index in [0.29, 0.717) is 52.4 Å². The summed E-state index contributed by atoms with van der Waals surface area (Å²) >= 11 is 13.1. The lowest BCUT2D eigenvalue weighted by Crippen LogP contribution is -2.28. The highest BCUT2D eigenvalue weighted by atomic mass is 35.5. The zero-order valence-electron chi connectivity index (χ0n) is 18.5. The Labute approximate surface area is 208 Å². The molecule has 33 heavy (non-hydrogen) atoms. The van der Waals surface area contributed by atoms with E-state index in [-0.39, 0.29) is 17.8 Å². The average Bonchev–Trinajstić information content (AvgIpc) is 3.03. The highest BCUT2D eigenvalue weighted by Crippen LogP contribution is 2.38. The first-order chi connectivity index (χ1) is 15.9. The van der Waals surface area contributed by atoms with E-state index in [0.717, 1.165) is 28.5 Å². The molecule has 8 heteroatoms. The van der Waals surface area contributed by atoms with Crippen LogP contribution in [-0.4, -0.2) is 29.2 Å². The molecule has 0 atom stereocenters. The van der Waals surface area contributed by atoms with Gasteiger partial charge in [-0.1, -0.05) is 42.3 Å². The Bertz CT molecular complexity index is 1100. The lowest BCUT2D eigenvalue weighted by Gasteiger charge is -2.17. The van der Waals surface area contributed by atoms with E-state index in [1.807, 2.05) is 32.0 Å². The van der Waals surface area contributed by atoms with E-state index in [4.69, 9.17) is 32.7 Å². The van der Waals surface area contributed by atoms with Crippen molar-refractivity contribution in [1.29, 1.82) is 0 Å². The molecule has 0 spiro atoms. The molecule has 1 aliphatic heterocycles. The van der Waals surface area contributed by atoms with Gasteiger partial charge in [-0.15, -0.1) is 6.58 Å². The van der Waals surface area contributed by atoms with Crippen LogP contribution in [0.25, 0.3) is 6.08 Å². The summed E-state index contributed by atoms with van der Waals surface area (Å²) in [5.74, 6) is 0.880. The number of nitrogens with zero attached hydrogens (tertiary/aromatic N) is 1. The Hall–Kier alpha value is -2.41. The van der Waals surface area contributed by atoms with Gasteiger partial charge >= 0.3 is 0 Å². The van der Waals surface area contributed by atoms with Crippen LogP contribution < -0.4 is 9.47 Å². The van der Waals surface area contributed by atoms with Crippen molar-refractivity contribution >= 4 is 52.2 Å². The van der Waals surface area contributed by atoms with Crippen LogP contribution >= 0.6 is 35.0 Å². The van der Waals surface area contributed by atoms with E-state index >= 15 is 0 Å². The Balaban J connectivity index is 1.94. The van der Waals surface area contributed by atoms with Crippen molar-refractivity contribution in [2.24, 2.45) is 0 Å². The molecule has 3 rings (SSSR count). The van der Waals surface area contributed by atoms with E-state index < -0.39 is 0 Å². The van der Waals surface area contributed by atoms with Crippen molar-refractivity contribution in [3.05, 3.63) is 74.6 Å². The molecule has 2 amide bonds. The first kappa shape index (κ1) is 25.2. The molecule has 0 radical (unpaired) electrons. The third-order valence-corrected chi connectivity index (χ3v) is 6.45. The SMILES string of the molecule is C=CCc1cc(/C=C2/SC(=O)N(CCC)C2=O)cc(OCC)c1OCc1ccc(Cl)c(Cl)c1. The quantitative estimate of drug-likeness (QED) is 0.253. The van der Waals surface area contributed by atoms with Crippen LogP contribution in [0, 0.1) is 0 Å². The van der Waals surface area contributed by atoms with Crippen molar-refractivity contribution in [1.82, 2.24) is 4.90 Å². The Morgan fingerprint density at radius 2 is 1.88 bits per heavy atom. The van der Waals surface area contributed by atoms with Crippen LogP contribution in [0.2, 0.25) is 10.0 Å². The molecule has 174 valence electrons. The summed E-state index contributed by atoms with van der Waals surface area (Å²) in [7, 11) is 0. The minimum absolute atomic E-state index is 0.244. The van der Waals surface area contributed by atoms with Crippen LogP contribution in [-0.2, 0) is 17.8 Å². The molecule has 0 aromatic heterocycles. The topological polar surface area (TPSA) is 55.8 Å². The summed E-state index contributed by atoms with van der Waals surface area (Å²) in [5.41, 5.74) is 2.47. The summed E-state index contributed by atoms with van der Waals surface area (Å²) in [5, 5.41) is 0.697. The summed E-state index contributed by atoms with van der Waals surface area (Å²) in [6.07, 6.45) is 4.75. The number of halogens is 2. The van der Waals surface area contributed by atoms with Crippen molar-refractivity contribution in [2.45, 2.75) is 33.3 Å². The number of carbonyl (C=O) groups excluding carboxylic acids is 2. The summed E-state index contributed by atoms with van der Waals surface area (Å²) in [6, 6.07) is 9.07. The molecule has 2 aromatic carbocycles. The average molecular weight is 506 g/mol. The van der Waals surface area contributed by atoms with Gasteiger partial charge in [-0.25, -0.2) is 0 Å². The van der Waals surface area contributed by atoms with E-state index in [1.54, 1.807) is 24.3 Å². The van der Waals surface area contributed by atoms with Gasteiger partial charge in [0.15, 0.2) is 11.5 Å². The lowest BCUT2D eigenvalue weighted by molar-refractivity contribution is -0.122. The Morgan fingerprint density at radius 1 is 1.09 bits per heavy atom.